The number of rotatable bonds is 3. The highest BCUT2D eigenvalue weighted by Gasteiger charge is 2.38. The fourth-order valence-corrected chi connectivity index (χ4v) is 5.44. The van der Waals surface area contributed by atoms with E-state index in [4.69, 9.17) is 9.47 Å². The van der Waals surface area contributed by atoms with Gasteiger partial charge < -0.3 is 40.1 Å². The van der Waals surface area contributed by atoms with Crippen LogP contribution in [0.5, 0.6) is 40.2 Å². The van der Waals surface area contributed by atoms with Crippen molar-refractivity contribution in [2.45, 2.75) is 37.1 Å². The van der Waals surface area contributed by atoms with Crippen molar-refractivity contribution in [3.8, 4) is 40.2 Å². The molecule has 0 aliphatic carbocycles. The van der Waals surface area contributed by atoms with E-state index in [0.717, 1.165) is 5.56 Å². The number of aliphatic hydroxyl groups excluding tert-OH is 1. The first kappa shape index (κ1) is 23.8. The average Bonchev–Trinajstić information content (AvgIpc) is 2.89. The molecule has 38 heavy (non-hydrogen) atoms. The summed E-state index contributed by atoms with van der Waals surface area (Å²) in [4.78, 5) is 0. The second kappa shape index (κ2) is 9.08. The molecule has 6 N–H and O–H groups in total. The topological polar surface area (TPSA) is 140 Å². The quantitative estimate of drug-likeness (QED) is 0.227. The molecule has 2 heterocycles. The van der Waals surface area contributed by atoms with Gasteiger partial charge in [-0.3, -0.25) is 0 Å². The van der Waals surface area contributed by atoms with Crippen LogP contribution in [0.2, 0.25) is 0 Å². The molecule has 2 aliphatic rings. The number of phenolic OH excluding ortho intramolecular Hbond substituents is 5. The van der Waals surface area contributed by atoms with Gasteiger partial charge in [-0.1, -0.05) is 30.3 Å². The zero-order valence-corrected chi connectivity index (χ0v) is 20.2. The second-order valence-electron chi connectivity index (χ2n) is 9.74. The summed E-state index contributed by atoms with van der Waals surface area (Å²) < 4.78 is 12.2. The third-order valence-corrected chi connectivity index (χ3v) is 7.33. The molecule has 0 saturated carbocycles. The minimum Gasteiger partial charge on any atom is -0.508 e. The lowest BCUT2D eigenvalue weighted by atomic mass is 9.80. The van der Waals surface area contributed by atoms with Gasteiger partial charge in [-0.05, 0) is 47.9 Å². The van der Waals surface area contributed by atoms with Crippen LogP contribution in [0, 0.1) is 0 Å². The lowest BCUT2D eigenvalue weighted by Crippen LogP contribution is -2.30. The predicted molar refractivity (Wildman–Crippen MR) is 137 cm³/mol. The fourth-order valence-electron chi connectivity index (χ4n) is 5.44. The van der Waals surface area contributed by atoms with Crippen molar-refractivity contribution in [3.05, 3.63) is 101 Å². The highest BCUT2D eigenvalue weighted by atomic mass is 16.5. The first-order chi connectivity index (χ1) is 18.3. The Morgan fingerprint density at radius 2 is 1.29 bits per heavy atom. The van der Waals surface area contributed by atoms with Crippen molar-refractivity contribution in [3.63, 3.8) is 0 Å². The summed E-state index contributed by atoms with van der Waals surface area (Å²) in [6.07, 6.45) is -1.74. The highest BCUT2D eigenvalue weighted by molar-refractivity contribution is 5.62. The molecule has 0 radical (unpaired) electrons. The molecule has 0 fully saturated rings. The van der Waals surface area contributed by atoms with Crippen LogP contribution in [-0.2, 0) is 6.42 Å². The van der Waals surface area contributed by atoms with Crippen LogP contribution in [0.25, 0.3) is 0 Å². The van der Waals surface area contributed by atoms with Crippen molar-refractivity contribution in [2.75, 3.05) is 0 Å². The summed E-state index contributed by atoms with van der Waals surface area (Å²) in [6.45, 7) is 0. The van der Waals surface area contributed by atoms with Gasteiger partial charge in [-0.2, -0.15) is 0 Å². The first-order valence-electron chi connectivity index (χ1n) is 12.3. The van der Waals surface area contributed by atoms with Crippen molar-refractivity contribution in [2.24, 2.45) is 0 Å². The molecule has 4 aromatic rings. The highest BCUT2D eigenvalue weighted by Crippen LogP contribution is 2.54. The Bertz CT molecular complexity index is 1500. The molecular formula is C30H26O8. The minimum atomic E-state index is -0.973. The normalized spacial score (nSPS) is 22.0. The lowest BCUT2D eigenvalue weighted by molar-refractivity contribution is 0.0196. The number of aromatic hydroxyl groups is 5. The molecule has 4 aromatic carbocycles. The SMILES string of the molecule is Oc1ccc(C2CC(c3c(O)cc4c(c3O)CC(O)C(c3ccc(O)cc3)O4)c3ccc(O)cc3O2)cc1. The van der Waals surface area contributed by atoms with Crippen LogP contribution in [-0.4, -0.2) is 36.7 Å². The van der Waals surface area contributed by atoms with Gasteiger partial charge in [0.25, 0.3) is 0 Å². The number of aliphatic hydroxyl groups is 1. The van der Waals surface area contributed by atoms with E-state index in [9.17, 15) is 30.6 Å². The number of fused-ring (bicyclic) bond motifs is 2. The van der Waals surface area contributed by atoms with Gasteiger partial charge in [0.15, 0.2) is 0 Å². The summed E-state index contributed by atoms with van der Waals surface area (Å²) in [5.74, 6) is 0.0686. The number of phenols is 5. The van der Waals surface area contributed by atoms with E-state index in [1.54, 1.807) is 42.5 Å². The van der Waals surface area contributed by atoms with Gasteiger partial charge in [-0.15, -0.1) is 0 Å². The molecule has 0 saturated heterocycles. The maximum Gasteiger partial charge on any atom is 0.150 e. The molecule has 6 rings (SSSR count). The minimum absolute atomic E-state index is 0.0181. The predicted octanol–water partition coefficient (Wildman–Crippen LogP) is 4.91. The Kier molecular flexibility index (Phi) is 5.69. The molecule has 4 atom stereocenters. The van der Waals surface area contributed by atoms with Crippen LogP contribution < -0.4 is 9.47 Å². The Morgan fingerprint density at radius 1 is 0.658 bits per heavy atom. The molecule has 0 spiro atoms. The third kappa shape index (κ3) is 4.09. The summed E-state index contributed by atoms with van der Waals surface area (Å²) in [7, 11) is 0. The van der Waals surface area contributed by atoms with Crippen LogP contribution >= 0.6 is 0 Å². The van der Waals surface area contributed by atoms with Crippen molar-refractivity contribution in [1.82, 2.24) is 0 Å². The van der Waals surface area contributed by atoms with Gasteiger partial charge >= 0.3 is 0 Å². The number of benzene rings is 4. The standard InChI is InChI=1S/C30H26O8/c31-17-5-1-15(2-6-17)25-13-21(20-10-9-19(33)11-26(20)37-25)28-23(34)14-27-22(29(28)36)12-24(35)30(38-27)16-3-7-18(32)8-4-16/h1-11,14,21,24-25,30-36H,12-13H2. The Morgan fingerprint density at radius 3 is 1.97 bits per heavy atom. The van der Waals surface area contributed by atoms with Crippen molar-refractivity contribution >= 4 is 0 Å². The third-order valence-electron chi connectivity index (χ3n) is 7.33. The maximum absolute atomic E-state index is 11.4. The van der Waals surface area contributed by atoms with Gasteiger partial charge in [0.2, 0.25) is 0 Å². The summed E-state index contributed by atoms with van der Waals surface area (Å²) >= 11 is 0. The zero-order valence-electron chi connectivity index (χ0n) is 20.2. The molecule has 0 bridgehead atoms. The van der Waals surface area contributed by atoms with Crippen LogP contribution in [0.1, 0.15) is 52.4 Å². The van der Waals surface area contributed by atoms with Gasteiger partial charge in [0, 0.05) is 41.2 Å². The van der Waals surface area contributed by atoms with Gasteiger partial charge in [0.1, 0.15) is 52.5 Å². The Hall–Kier alpha value is -4.56. The smallest absolute Gasteiger partial charge is 0.150 e. The monoisotopic (exact) mass is 514 g/mol. The molecule has 8 heteroatoms. The molecular weight excluding hydrogens is 488 g/mol. The van der Waals surface area contributed by atoms with Crippen molar-refractivity contribution < 1.29 is 40.1 Å². The molecule has 4 unspecified atom stereocenters. The van der Waals surface area contributed by atoms with Crippen LogP contribution in [0.4, 0.5) is 0 Å². The van der Waals surface area contributed by atoms with E-state index in [0.29, 0.717) is 28.9 Å². The van der Waals surface area contributed by atoms with E-state index < -0.39 is 24.2 Å². The maximum atomic E-state index is 11.4. The van der Waals surface area contributed by atoms with E-state index in [2.05, 4.69) is 0 Å². The number of ether oxygens (including phenoxy) is 2. The summed E-state index contributed by atoms with van der Waals surface area (Å²) in [5.41, 5.74) is 2.78. The van der Waals surface area contributed by atoms with E-state index in [1.807, 2.05) is 0 Å². The molecule has 8 nitrogen and oxygen atoms in total. The Labute approximate surface area is 218 Å². The van der Waals surface area contributed by atoms with Crippen molar-refractivity contribution in [1.29, 1.82) is 0 Å². The number of hydrogen-bond donors (Lipinski definition) is 6. The van der Waals surface area contributed by atoms with E-state index in [-0.39, 0.29) is 46.5 Å². The van der Waals surface area contributed by atoms with E-state index in [1.165, 1.54) is 30.3 Å². The summed E-state index contributed by atoms with van der Waals surface area (Å²) in [6, 6.07) is 19.1. The summed E-state index contributed by atoms with van der Waals surface area (Å²) in [5, 5.41) is 62.9. The van der Waals surface area contributed by atoms with Crippen LogP contribution in [0.15, 0.2) is 72.8 Å². The number of hydrogen-bond acceptors (Lipinski definition) is 8. The lowest BCUT2D eigenvalue weighted by Gasteiger charge is -2.35. The second-order valence-corrected chi connectivity index (χ2v) is 9.74. The Balaban J connectivity index is 1.41. The zero-order chi connectivity index (χ0) is 26.6. The van der Waals surface area contributed by atoms with Gasteiger partial charge in [-0.25, -0.2) is 0 Å². The van der Waals surface area contributed by atoms with Gasteiger partial charge in [0.05, 0.1) is 6.10 Å². The first-order valence-corrected chi connectivity index (χ1v) is 12.3. The molecule has 2 aliphatic heterocycles. The fraction of sp³-hybridized carbons (Fsp3) is 0.200. The molecule has 194 valence electrons. The molecule has 0 amide bonds. The van der Waals surface area contributed by atoms with E-state index >= 15 is 0 Å². The molecule has 0 aromatic heterocycles. The largest absolute Gasteiger partial charge is 0.508 e. The average molecular weight is 515 g/mol. The van der Waals surface area contributed by atoms with Crippen LogP contribution in [0.3, 0.4) is 0 Å².